The molecule has 0 unspecified atom stereocenters. The third-order valence-corrected chi connectivity index (χ3v) is 12.1. The molecular formula is C28H45NO2. The predicted octanol–water partition coefficient (Wildman–Crippen LogP) is 5.16. The number of hydrogen-bond donors (Lipinski definition) is 1. The van der Waals surface area contributed by atoms with Crippen LogP contribution in [0.1, 0.15) is 85.5 Å². The van der Waals surface area contributed by atoms with E-state index < -0.39 is 5.60 Å². The molecule has 31 heavy (non-hydrogen) atoms. The van der Waals surface area contributed by atoms with Crippen LogP contribution in [0.15, 0.2) is 0 Å². The molecule has 6 aliphatic rings. The van der Waals surface area contributed by atoms with Gasteiger partial charge in [0.25, 0.3) is 0 Å². The summed E-state index contributed by atoms with van der Waals surface area (Å²) in [5, 5.41) is 11.8. The second kappa shape index (κ2) is 7.05. The molecule has 0 aromatic carbocycles. The van der Waals surface area contributed by atoms with Crippen molar-refractivity contribution >= 4 is 5.78 Å². The van der Waals surface area contributed by atoms with Gasteiger partial charge in [-0.15, -0.1) is 0 Å². The number of nitrogens with zero attached hydrogens (tertiary/aromatic N) is 1. The number of carbonyl (C=O) groups excluding carboxylic acids is 1. The summed E-state index contributed by atoms with van der Waals surface area (Å²) in [5.74, 6) is 6.39. The molecule has 0 amide bonds. The maximum absolute atomic E-state index is 13.4. The lowest BCUT2D eigenvalue weighted by Gasteiger charge is -2.59. The first-order valence-corrected chi connectivity index (χ1v) is 13.7. The Bertz CT molecular complexity index is 747. The zero-order valence-corrected chi connectivity index (χ0v) is 20.4. The molecule has 6 fully saturated rings. The summed E-state index contributed by atoms with van der Waals surface area (Å²) in [5.41, 5.74) is -0.289. The molecule has 2 aliphatic heterocycles. The van der Waals surface area contributed by atoms with Crippen molar-refractivity contribution < 1.29 is 9.90 Å². The number of hydrogen-bond acceptors (Lipinski definition) is 3. The Balaban J connectivity index is 1.31. The third-order valence-electron chi connectivity index (χ3n) is 12.1. The van der Waals surface area contributed by atoms with Crippen molar-refractivity contribution in [1.82, 2.24) is 4.90 Å². The van der Waals surface area contributed by atoms with Gasteiger partial charge in [0, 0.05) is 31.5 Å². The average molecular weight is 428 g/mol. The quantitative estimate of drug-likeness (QED) is 0.580. The second-order valence-electron chi connectivity index (χ2n) is 13.7. The van der Waals surface area contributed by atoms with E-state index in [-0.39, 0.29) is 5.41 Å². The standard InChI is InChI=1S/C28H45NO2/c1-16-9-10-27(3)23-12-19-18(20(23)13-25(30)24(27)11-16)6-7-22-21(19)15-29-14-17(2)5-8-26(29)28(22,4)31/h16-24,26,31H,5-15H2,1-4H3/t16-,17-,18-,19+,20+,21+,22+,23-,24+,26+,27+,28-/m0/s1. The minimum Gasteiger partial charge on any atom is -0.388 e. The van der Waals surface area contributed by atoms with Crippen molar-refractivity contribution in [2.24, 2.45) is 58.7 Å². The van der Waals surface area contributed by atoms with Crippen molar-refractivity contribution in [3.63, 3.8) is 0 Å². The molecule has 4 saturated carbocycles. The Kier molecular flexibility index (Phi) is 4.81. The van der Waals surface area contributed by atoms with E-state index in [9.17, 15) is 9.90 Å². The molecule has 6 rings (SSSR count). The van der Waals surface area contributed by atoms with Crippen LogP contribution in [0.25, 0.3) is 0 Å². The number of piperidine rings is 2. The highest BCUT2D eigenvalue weighted by atomic mass is 16.3. The van der Waals surface area contributed by atoms with Crippen LogP contribution in [0.4, 0.5) is 0 Å². The number of ketones is 1. The van der Waals surface area contributed by atoms with Gasteiger partial charge in [0.2, 0.25) is 0 Å². The lowest BCUT2D eigenvalue weighted by Crippen LogP contribution is -2.67. The van der Waals surface area contributed by atoms with Crippen LogP contribution in [0.3, 0.4) is 0 Å². The molecule has 2 saturated heterocycles. The van der Waals surface area contributed by atoms with Gasteiger partial charge in [-0.1, -0.05) is 27.2 Å². The Labute approximate surface area is 189 Å². The summed E-state index contributed by atoms with van der Waals surface area (Å²) in [6, 6.07) is 0.369. The van der Waals surface area contributed by atoms with Crippen LogP contribution in [0.2, 0.25) is 0 Å². The Morgan fingerprint density at radius 2 is 1.65 bits per heavy atom. The van der Waals surface area contributed by atoms with Crippen molar-refractivity contribution in [3.05, 3.63) is 0 Å². The topological polar surface area (TPSA) is 40.5 Å². The highest BCUT2D eigenvalue weighted by molar-refractivity contribution is 5.83. The molecule has 3 nitrogen and oxygen atoms in total. The van der Waals surface area contributed by atoms with Crippen molar-refractivity contribution in [1.29, 1.82) is 0 Å². The Morgan fingerprint density at radius 3 is 2.45 bits per heavy atom. The van der Waals surface area contributed by atoms with Crippen molar-refractivity contribution in [3.8, 4) is 0 Å². The molecule has 174 valence electrons. The summed E-state index contributed by atoms with van der Waals surface area (Å²) in [6.45, 7) is 11.8. The number of Topliss-reactive ketones (excluding diaryl/α,β-unsaturated/α-hetero) is 1. The van der Waals surface area contributed by atoms with Crippen LogP contribution in [0, 0.1) is 58.7 Å². The number of carbonyl (C=O) groups is 1. The SMILES string of the molecule is C[C@H]1CC[C@@]2(C)[C@H](C1)C(=O)C[C@@H]1[C@H]3CC[C@@H]4[C@H](CN5C[C@@H](C)CC[C@@H]5[C@@]4(C)O)[C@@H]3C[C@@H]12. The number of fused-ring (bicyclic) bond motifs is 8. The van der Waals surface area contributed by atoms with Gasteiger partial charge in [-0.3, -0.25) is 9.69 Å². The van der Waals surface area contributed by atoms with Gasteiger partial charge in [0.15, 0.2) is 0 Å². The monoisotopic (exact) mass is 427 g/mol. The third kappa shape index (κ3) is 2.94. The Morgan fingerprint density at radius 1 is 0.839 bits per heavy atom. The van der Waals surface area contributed by atoms with Gasteiger partial charge in [-0.2, -0.15) is 0 Å². The normalized spacial score (nSPS) is 59.2. The fourth-order valence-electron chi connectivity index (χ4n) is 10.6. The molecule has 12 atom stereocenters. The highest BCUT2D eigenvalue weighted by Crippen LogP contribution is 2.67. The first-order chi connectivity index (χ1) is 14.7. The molecule has 0 aromatic rings. The maximum atomic E-state index is 13.4. The van der Waals surface area contributed by atoms with Crippen LogP contribution in [-0.2, 0) is 4.79 Å². The largest absolute Gasteiger partial charge is 0.388 e. The molecule has 0 radical (unpaired) electrons. The maximum Gasteiger partial charge on any atom is 0.136 e. The van der Waals surface area contributed by atoms with Crippen molar-refractivity contribution in [2.75, 3.05) is 13.1 Å². The minimum absolute atomic E-state index is 0.249. The lowest BCUT2D eigenvalue weighted by atomic mass is 9.51. The lowest BCUT2D eigenvalue weighted by molar-refractivity contribution is -0.175. The molecular weight excluding hydrogens is 382 g/mol. The molecule has 1 N–H and O–H groups in total. The summed E-state index contributed by atoms with van der Waals surface area (Å²) in [4.78, 5) is 16.1. The minimum atomic E-state index is -0.537. The van der Waals surface area contributed by atoms with E-state index in [1.807, 2.05) is 0 Å². The van der Waals surface area contributed by atoms with E-state index in [2.05, 4.69) is 32.6 Å². The van der Waals surface area contributed by atoms with Gasteiger partial charge < -0.3 is 5.11 Å². The Hall–Kier alpha value is -0.410. The molecule has 0 spiro atoms. The molecule has 4 aliphatic carbocycles. The van der Waals surface area contributed by atoms with Gasteiger partial charge >= 0.3 is 0 Å². The van der Waals surface area contributed by atoms with Crippen LogP contribution < -0.4 is 0 Å². The summed E-state index contributed by atoms with van der Waals surface area (Å²) >= 11 is 0. The number of rotatable bonds is 0. The zero-order valence-electron chi connectivity index (χ0n) is 20.4. The first kappa shape index (κ1) is 21.1. The fourth-order valence-corrected chi connectivity index (χ4v) is 10.6. The van der Waals surface area contributed by atoms with Gasteiger partial charge in [-0.25, -0.2) is 0 Å². The smallest absolute Gasteiger partial charge is 0.136 e. The summed E-state index contributed by atoms with van der Waals surface area (Å²) in [7, 11) is 0. The van der Waals surface area contributed by atoms with E-state index >= 15 is 0 Å². The van der Waals surface area contributed by atoms with Crippen molar-refractivity contribution in [2.45, 2.75) is 97.1 Å². The first-order valence-electron chi connectivity index (χ1n) is 13.7. The van der Waals surface area contributed by atoms with Crippen LogP contribution in [-0.4, -0.2) is 40.5 Å². The highest BCUT2D eigenvalue weighted by Gasteiger charge is 2.64. The predicted molar refractivity (Wildman–Crippen MR) is 123 cm³/mol. The number of aliphatic hydroxyl groups is 1. The fraction of sp³-hybridized carbons (Fsp3) is 0.964. The van der Waals surface area contributed by atoms with E-state index in [1.54, 1.807) is 0 Å². The average Bonchev–Trinajstić information content (AvgIpc) is 3.09. The van der Waals surface area contributed by atoms with Crippen LogP contribution >= 0.6 is 0 Å². The molecule has 3 heteroatoms. The van der Waals surface area contributed by atoms with Gasteiger partial charge in [-0.05, 0) is 105 Å². The molecule has 0 aromatic heterocycles. The van der Waals surface area contributed by atoms with E-state index in [1.165, 1.54) is 58.0 Å². The van der Waals surface area contributed by atoms with E-state index in [0.717, 1.165) is 42.4 Å². The zero-order chi connectivity index (χ0) is 21.7. The second-order valence-corrected chi connectivity index (χ2v) is 13.7. The van der Waals surface area contributed by atoms with Gasteiger partial charge in [0.05, 0.1) is 5.60 Å². The summed E-state index contributed by atoms with van der Waals surface area (Å²) in [6.07, 6.45) is 10.8. The van der Waals surface area contributed by atoms with E-state index in [4.69, 9.17) is 0 Å². The van der Waals surface area contributed by atoms with Crippen LogP contribution in [0.5, 0.6) is 0 Å². The molecule has 2 heterocycles. The molecule has 0 bridgehead atoms. The van der Waals surface area contributed by atoms with E-state index in [0.29, 0.717) is 35.5 Å². The summed E-state index contributed by atoms with van der Waals surface area (Å²) < 4.78 is 0. The van der Waals surface area contributed by atoms with Gasteiger partial charge in [0.1, 0.15) is 5.78 Å².